The van der Waals surface area contributed by atoms with Crippen LogP contribution in [0.5, 0.6) is 0 Å². The van der Waals surface area contributed by atoms with Crippen molar-refractivity contribution in [1.29, 1.82) is 0 Å². The van der Waals surface area contributed by atoms with Gasteiger partial charge >= 0.3 is 0 Å². The summed E-state index contributed by atoms with van der Waals surface area (Å²) in [6, 6.07) is 17.5. The average Bonchev–Trinajstić information content (AvgIpc) is 3.15. The summed E-state index contributed by atoms with van der Waals surface area (Å²) in [5, 5.41) is 9.90. The summed E-state index contributed by atoms with van der Waals surface area (Å²) in [5.41, 5.74) is 4.80. The van der Waals surface area contributed by atoms with Gasteiger partial charge in [-0.1, -0.05) is 30.3 Å². The Hall–Kier alpha value is -2.01. The molecule has 3 aromatic rings. The van der Waals surface area contributed by atoms with Crippen molar-refractivity contribution < 1.29 is 14.2 Å². The molecule has 1 N–H and O–H groups in total. The van der Waals surface area contributed by atoms with Crippen molar-refractivity contribution >= 4 is 11.3 Å². The van der Waals surface area contributed by atoms with Gasteiger partial charge in [0.15, 0.2) is 0 Å². The Morgan fingerprint density at radius 2 is 1.86 bits per heavy atom. The molecule has 1 aliphatic heterocycles. The van der Waals surface area contributed by atoms with Gasteiger partial charge in [0.1, 0.15) is 5.82 Å². The number of aryl methyl sites for hydroxylation is 1. The van der Waals surface area contributed by atoms with Gasteiger partial charge in [0.25, 0.3) is 0 Å². The zero-order chi connectivity index (χ0) is 19.7. The summed E-state index contributed by atoms with van der Waals surface area (Å²) in [5.74, 6) is -0.209. The van der Waals surface area contributed by atoms with Crippen molar-refractivity contribution in [1.82, 2.24) is 0 Å². The first-order valence-electron chi connectivity index (χ1n) is 9.77. The first-order valence-corrected chi connectivity index (χ1v) is 10.6. The van der Waals surface area contributed by atoms with Crippen LogP contribution in [0.15, 0.2) is 54.6 Å². The Kier molecular flexibility index (Phi) is 5.63. The third kappa shape index (κ3) is 4.19. The minimum absolute atomic E-state index is 0.0517. The van der Waals surface area contributed by atoms with Crippen molar-refractivity contribution in [2.45, 2.75) is 51.4 Å². The molecule has 1 aliphatic rings. The van der Waals surface area contributed by atoms with Gasteiger partial charge in [-0.3, -0.25) is 0 Å². The second-order valence-electron chi connectivity index (χ2n) is 7.61. The van der Waals surface area contributed by atoms with Crippen LogP contribution in [-0.2, 0) is 11.2 Å². The predicted octanol–water partition coefficient (Wildman–Crippen LogP) is 6.05. The lowest BCUT2D eigenvalue weighted by molar-refractivity contribution is -0.110. The average molecular weight is 397 g/mol. The zero-order valence-corrected chi connectivity index (χ0v) is 17.0. The first kappa shape index (κ1) is 19.3. The molecular formula is C24H25FO2S. The molecule has 1 aromatic heterocycles. The highest BCUT2D eigenvalue weighted by Gasteiger charge is 2.27. The quantitative estimate of drug-likeness (QED) is 0.581. The summed E-state index contributed by atoms with van der Waals surface area (Å²) in [7, 11) is 0. The van der Waals surface area contributed by atoms with Gasteiger partial charge in [-0.05, 0) is 73.2 Å². The molecule has 1 fully saturated rings. The largest absolute Gasteiger partial charge is 0.390 e. The summed E-state index contributed by atoms with van der Waals surface area (Å²) < 4.78 is 19.2. The van der Waals surface area contributed by atoms with Crippen LogP contribution in [-0.4, -0.2) is 17.3 Å². The van der Waals surface area contributed by atoms with Crippen LogP contribution >= 0.6 is 11.3 Å². The molecule has 2 unspecified atom stereocenters. The van der Waals surface area contributed by atoms with E-state index in [0.29, 0.717) is 0 Å². The fourth-order valence-corrected chi connectivity index (χ4v) is 4.77. The summed E-state index contributed by atoms with van der Waals surface area (Å²) in [6.07, 6.45) is 2.06. The molecule has 0 bridgehead atoms. The molecule has 2 nitrogen and oxygen atoms in total. The fourth-order valence-electron chi connectivity index (χ4n) is 3.73. The second kappa shape index (κ2) is 8.16. The van der Waals surface area contributed by atoms with Gasteiger partial charge in [-0.15, -0.1) is 11.3 Å². The highest BCUT2D eigenvalue weighted by Crippen LogP contribution is 2.34. The number of halogens is 1. The number of hydrogen-bond acceptors (Lipinski definition) is 3. The van der Waals surface area contributed by atoms with Crippen LogP contribution in [0.1, 0.15) is 47.4 Å². The van der Waals surface area contributed by atoms with Crippen molar-refractivity contribution in [2.24, 2.45) is 0 Å². The lowest BCUT2D eigenvalue weighted by Gasteiger charge is -2.32. The highest BCUT2D eigenvalue weighted by atomic mass is 32.1. The van der Waals surface area contributed by atoms with E-state index in [9.17, 15) is 9.50 Å². The van der Waals surface area contributed by atoms with Gasteiger partial charge in [0.2, 0.25) is 0 Å². The number of rotatable bonds is 4. The Balaban J connectivity index is 1.53. The zero-order valence-electron chi connectivity index (χ0n) is 16.2. The van der Waals surface area contributed by atoms with Crippen LogP contribution in [0.3, 0.4) is 0 Å². The third-order valence-corrected chi connectivity index (χ3v) is 6.68. The molecule has 146 valence electrons. The summed E-state index contributed by atoms with van der Waals surface area (Å²) in [4.78, 5) is 2.44. The Morgan fingerprint density at radius 1 is 1.07 bits per heavy atom. The molecule has 1 saturated heterocycles. The lowest BCUT2D eigenvalue weighted by Crippen LogP contribution is -2.33. The van der Waals surface area contributed by atoms with E-state index in [2.05, 4.69) is 37.3 Å². The van der Waals surface area contributed by atoms with E-state index < -0.39 is 0 Å². The van der Waals surface area contributed by atoms with Gasteiger partial charge in [0, 0.05) is 16.2 Å². The van der Waals surface area contributed by atoms with Crippen molar-refractivity contribution in [2.75, 3.05) is 0 Å². The lowest BCUT2D eigenvalue weighted by atomic mass is 9.93. The molecule has 0 radical (unpaired) electrons. The molecule has 0 spiro atoms. The Labute approximate surface area is 169 Å². The number of aliphatic hydroxyl groups excluding tert-OH is 1. The number of aliphatic hydroxyl groups is 1. The monoisotopic (exact) mass is 396 g/mol. The molecule has 0 saturated carbocycles. The number of ether oxygens (including phenoxy) is 1. The van der Waals surface area contributed by atoms with Crippen LogP contribution in [0, 0.1) is 12.7 Å². The normalized spacial score (nSPS) is 22.4. The Bertz CT molecular complexity index is 947. The topological polar surface area (TPSA) is 29.5 Å². The maximum atomic E-state index is 13.2. The number of benzene rings is 2. The van der Waals surface area contributed by atoms with Crippen molar-refractivity contribution in [3.63, 3.8) is 0 Å². The number of hydrogen-bond donors (Lipinski definition) is 1. The Morgan fingerprint density at radius 3 is 2.61 bits per heavy atom. The number of thiophene rings is 1. The minimum Gasteiger partial charge on any atom is -0.390 e. The van der Waals surface area contributed by atoms with Crippen LogP contribution in [0.25, 0.3) is 10.4 Å². The van der Waals surface area contributed by atoms with E-state index in [0.717, 1.165) is 29.7 Å². The maximum absolute atomic E-state index is 13.2. The van der Waals surface area contributed by atoms with Crippen LogP contribution in [0.4, 0.5) is 4.39 Å². The summed E-state index contributed by atoms with van der Waals surface area (Å²) in [6.45, 7) is 4.08. The highest BCUT2D eigenvalue weighted by molar-refractivity contribution is 7.15. The smallest absolute Gasteiger partial charge is 0.123 e. The second-order valence-corrected chi connectivity index (χ2v) is 8.78. The van der Waals surface area contributed by atoms with E-state index in [-0.39, 0.29) is 24.1 Å². The van der Waals surface area contributed by atoms with E-state index in [1.54, 1.807) is 11.3 Å². The molecule has 0 amide bonds. The summed E-state index contributed by atoms with van der Waals surface area (Å²) >= 11 is 1.75. The van der Waals surface area contributed by atoms with Crippen molar-refractivity contribution in [3.05, 3.63) is 82.0 Å². The molecule has 2 heterocycles. The molecule has 28 heavy (non-hydrogen) atoms. The molecule has 4 rings (SSSR count). The van der Waals surface area contributed by atoms with E-state index in [1.807, 2.05) is 19.1 Å². The van der Waals surface area contributed by atoms with Crippen LogP contribution in [0.2, 0.25) is 0 Å². The van der Waals surface area contributed by atoms with Crippen molar-refractivity contribution in [3.8, 4) is 10.4 Å². The fraction of sp³-hybridized carbons (Fsp3) is 0.333. The SMILES string of the molecule is Cc1ccc(C2CC[C@@H](O)C(C)O2)cc1Cc1ccc(-c2ccc(F)cc2)s1. The van der Waals surface area contributed by atoms with E-state index >= 15 is 0 Å². The standard InChI is InChI=1S/C24H25FO2S/c1-15-3-4-18(23-11-10-22(26)16(2)27-23)13-19(15)14-21-9-12-24(28-21)17-5-7-20(25)8-6-17/h3-9,12-13,16,22-23,26H,10-11,14H2,1-2H3/t16?,22-,23?/m1/s1. The molecule has 2 aromatic carbocycles. The predicted molar refractivity (Wildman–Crippen MR) is 112 cm³/mol. The molecule has 3 atom stereocenters. The van der Waals surface area contributed by atoms with E-state index in [4.69, 9.17) is 4.74 Å². The minimum atomic E-state index is -0.364. The van der Waals surface area contributed by atoms with Gasteiger partial charge < -0.3 is 9.84 Å². The molecule has 4 heteroatoms. The molecular weight excluding hydrogens is 371 g/mol. The van der Waals surface area contributed by atoms with Gasteiger partial charge in [-0.2, -0.15) is 0 Å². The van der Waals surface area contributed by atoms with Gasteiger partial charge in [-0.25, -0.2) is 4.39 Å². The third-order valence-electron chi connectivity index (χ3n) is 5.55. The first-order chi connectivity index (χ1) is 13.5. The van der Waals surface area contributed by atoms with Crippen LogP contribution < -0.4 is 0 Å². The maximum Gasteiger partial charge on any atom is 0.123 e. The molecule has 0 aliphatic carbocycles. The van der Waals surface area contributed by atoms with Gasteiger partial charge in [0.05, 0.1) is 18.3 Å². The van der Waals surface area contributed by atoms with E-state index in [1.165, 1.54) is 33.7 Å².